The number of nitrogens with one attached hydrogen (secondary N) is 1. The number of aromatic nitrogens is 1. The average molecular weight is 409 g/mol. The summed E-state index contributed by atoms with van der Waals surface area (Å²) in [4.78, 5) is 28.9. The standard InChI is InChI=1S/C23H21ClN2O3/c1-16(23(28)26-21-13-12-19(24)15-25-21)29-22(27)14-20(17-8-4-2-5-9-17)18-10-6-3-7-11-18/h2-13,15-16,20H,14H2,1H3,(H,25,26,28)/t16-/m1/s1. The van der Waals surface area contributed by atoms with Crippen molar-refractivity contribution in [2.45, 2.75) is 25.4 Å². The number of carbonyl (C=O) groups is 2. The predicted molar refractivity (Wildman–Crippen MR) is 113 cm³/mol. The number of ether oxygens (including phenoxy) is 1. The van der Waals surface area contributed by atoms with Crippen molar-refractivity contribution in [3.8, 4) is 0 Å². The third-order valence-electron chi connectivity index (χ3n) is 4.43. The SMILES string of the molecule is C[C@@H](OC(=O)CC(c1ccccc1)c1ccccc1)C(=O)Nc1ccc(Cl)cn1. The number of benzene rings is 2. The molecule has 0 aliphatic carbocycles. The van der Waals surface area contributed by atoms with Crippen molar-refractivity contribution < 1.29 is 14.3 Å². The van der Waals surface area contributed by atoms with Gasteiger partial charge in [-0.15, -0.1) is 0 Å². The molecule has 0 unspecified atom stereocenters. The first-order valence-electron chi connectivity index (χ1n) is 9.24. The minimum Gasteiger partial charge on any atom is -0.453 e. The Balaban J connectivity index is 1.65. The highest BCUT2D eigenvalue weighted by atomic mass is 35.5. The number of esters is 1. The van der Waals surface area contributed by atoms with Crippen LogP contribution in [0.4, 0.5) is 5.82 Å². The number of hydrogen-bond donors (Lipinski definition) is 1. The second-order valence-electron chi connectivity index (χ2n) is 6.56. The van der Waals surface area contributed by atoms with Crippen LogP contribution in [0.3, 0.4) is 0 Å². The van der Waals surface area contributed by atoms with Crippen molar-refractivity contribution in [3.05, 3.63) is 95.1 Å². The first-order chi connectivity index (χ1) is 14.0. The summed E-state index contributed by atoms with van der Waals surface area (Å²) >= 11 is 5.78. The summed E-state index contributed by atoms with van der Waals surface area (Å²) in [5, 5.41) is 3.07. The van der Waals surface area contributed by atoms with Gasteiger partial charge in [-0.05, 0) is 30.2 Å². The second-order valence-corrected chi connectivity index (χ2v) is 7.00. The van der Waals surface area contributed by atoms with Crippen molar-refractivity contribution in [2.75, 3.05) is 5.32 Å². The van der Waals surface area contributed by atoms with E-state index in [1.165, 1.54) is 13.1 Å². The van der Waals surface area contributed by atoms with Gasteiger partial charge in [-0.1, -0.05) is 72.3 Å². The lowest BCUT2D eigenvalue weighted by molar-refractivity contribution is -0.153. The lowest BCUT2D eigenvalue weighted by Gasteiger charge is -2.19. The van der Waals surface area contributed by atoms with E-state index in [2.05, 4.69) is 10.3 Å². The molecule has 29 heavy (non-hydrogen) atoms. The molecule has 3 rings (SSSR count). The summed E-state index contributed by atoms with van der Waals surface area (Å²) in [5.74, 6) is -0.717. The van der Waals surface area contributed by atoms with Gasteiger partial charge in [0.2, 0.25) is 0 Å². The zero-order valence-corrected chi connectivity index (χ0v) is 16.7. The van der Waals surface area contributed by atoms with E-state index in [1.807, 2.05) is 60.7 Å². The fraction of sp³-hybridized carbons (Fsp3) is 0.174. The van der Waals surface area contributed by atoms with Gasteiger partial charge < -0.3 is 10.1 Å². The van der Waals surface area contributed by atoms with Gasteiger partial charge in [0.1, 0.15) is 5.82 Å². The van der Waals surface area contributed by atoms with Crippen LogP contribution in [0, 0.1) is 0 Å². The first-order valence-corrected chi connectivity index (χ1v) is 9.62. The molecule has 6 heteroatoms. The number of pyridine rings is 1. The van der Waals surface area contributed by atoms with Crippen LogP contribution in [0.1, 0.15) is 30.4 Å². The van der Waals surface area contributed by atoms with Crippen molar-refractivity contribution >= 4 is 29.3 Å². The molecule has 148 valence electrons. The Labute approximate surface area is 174 Å². The average Bonchev–Trinajstić information content (AvgIpc) is 2.75. The summed E-state index contributed by atoms with van der Waals surface area (Å²) in [6, 6.07) is 22.7. The van der Waals surface area contributed by atoms with E-state index in [1.54, 1.807) is 12.1 Å². The quantitative estimate of drug-likeness (QED) is 0.568. The van der Waals surface area contributed by atoms with Gasteiger partial charge in [0.25, 0.3) is 5.91 Å². The molecule has 0 aliphatic rings. The van der Waals surface area contributed by atoms with E-state index >= 15 is 0 Å². The molecule has 1 heterocycles. The molecule has 3 aromatic rings. The predicted octanol–water partition coefficient (Wildman–Crippen LogP) is 4.83. The zero-order chi connectivity index (χ0) is 20.6. The third kappa shape index (κ3) is 5.90. The Hall–Kier alpha value is -3.18. The van der Waals surface area contributed by atoms with Gasteiger partial charge in [-0.3, -0.25) is 9.59 Å². The molecule has 2 aromatic carbocycles. The van der Waals surface area contributed by atoms with Crippen LogP contribution < -0.4 is 5.32 Å². The molecule has 1 atom stereocenters. The normalized spacial score (nSPS) is 11.7. The van der Waals surface area contributed by atoms with Crippen molar-refractivity contribution in [1.29, 1.82) is 0 Å². The smallest absolute Gasteiger partial charge is 0.307 e. The molecule has 0 fully saturated rings. The van der Waals surface area contributed by atoms with E-state index in [-0.39, 0.29) is 12.3 Å². The molecule has 0 spiro atoms. The number of halogens is 1. The molecule has 0 saturated heterocycles. The number of nitrogens with zero attached hydrogens (tertiary/aromatic N) is 1. The highest BCUT2D eigenvalue weighted by molar-refractivity contribution is 6.30. The molecule has 0 radical (unpaired) electrons. The maximum absolute atomic E-state index is 12.6. The number of rotatable bonds is 7. The summed E-state index contributed by atoms with van der Waals surface area (Å²) < 4.78 is 5.38. The Morgan fingerprint density at radius 2 is 1.55 bits per heavy atom. The molecule has 0 aliphatic heterocycles. The maximum Gasteiger partial charge on any atom is 0.307 e. The number of hydrogen-bond acceptors (Lipinski definition) is 4. The van der Waals surface area contributed by atoms with Crippen LogP contribution in [-0.2, 0) is 14.3 Å². The van der Waals surface area contributed by atoms with Crippen LogP contribution in [0.2, 0.25) is 5.02 Å². The minimum absolute atomic E-state index is 0.130. The topological polar surface area (TPSA) is 68.3 Å². The van der Waals surface area contributed by atoms with Crippen LogP contribution in [0.5, 0.6) is 0 Å². The summed E-state index contributed by atoms with van der Waals surface area (Å²) in [6.07, 6.45) is 0.607. The molecule has 0 bridgehead atoms. The van der Waals surface area contributed by atoms with Gasteiger partial charge in [-0.2, -0.15) is 0 Å². The number of amides is 1. The molecular formula is C23H21ClN2O3. The van der Waals surface area contributed by atoms with Crippen molar-refractivity contribution in [1.82, 2.24) is 4.98 Å². The molecular weight excluding hydrogens is 388 g/mol. The highest BCUT2D eigenvalue weighted by Gasteiger charge is 2.23. The Kier molecular flexibility index (Phi) is 6.98. The second kappa shape index (κ2) is 9.85. The molecule has 5 nitrogen and oxygen atoms in total. The highest BCUT2D eigenvalue weighted by Crippen LogP contribution is 2.28. The Morgan fingerprint density at radius 3 is 2.07 bits per heavy atom. The van der Waals surface area contributed by atoms with Gasteiger partial charge in [0.05, 0.1) is 11.4 Å². The molecule has 1 N–H and O–H groups in total. The molecule has 1 amide bonds. The largest absolute Gasteiger partial charge is 0.453 e. The van der Waals surface area contributed by atoms with Crippen molar-refractivity contribution in [2.24, 2.45) is 0 Å². The fourth-order valence-electron chi connectivity index (χ4n) is 2.94. The van der Waals surface area contributed by atoms with E-state index in [9.17, 15) is 9.59 Å². The van der Waals surface area contributed by atoms with E-state index in [0.29, 0.717) is 10.8 Å². The number of carbonyl (C=O) groups excluding carboxylic acids is 2. The van der Waals surface area contributed by atoms with E-state index in [0.717, 1.165) is 11.1 Å². The minimum atomic E-state index is -0.952. The molecule has 0 saturated carbocycles. The zero-order valence-electron chi connectivity index (χ0n) is 15.9. The Morgan fingerprint density at radius 1 is 0.966 bits per heavy atom. The van der Waals surface area contributed by atoms with Crippen LogP contribution in [0.25, 0.3) is 0 Å². The third-order valence-corrected chi connectivity index (χ3v) is 4.65. The van der Waals surface area contributed by atoms with Gasteiger partial charge in [0, 0.05) is 12.1 Å². The van der Waals surface area contributed by atoms with Gasteiger partial charge in [-0.25, -0.2) is 4.98 Å². The molecule has 1 aromatic heterocycles. The fourth-order valence-corrected chi connectivity index (χ4v) is 3.05. The summed E-state index contributed by atoms with van der Waals surface area (Å²) in [5.41, 5.74) is 2.02. The van der Waals surface area contributed by atoms with Gasteiger partial charge in [0.15, 0.2) is 6.10 Å². The monoisotopic (exact) mass is 408 g/mol. The maximum atomic E-state index is 12.6. The Bertz CT molecular complexity index is 907. The number of anilines is 1. The van der Waals surface area contributed by atoms with Crippen molar-refractivity contribution in [3.63, 3.8) is 0 Å². The van der Waals surface area contributed by atoms with Crippen LogP contribution in [0.15, 0.2) is 79.0 Å². The van der Waals surface area contributed by atoms with Gasteiger partial charge >= 0.3 is 5.97 Å². The summed E-state index contributed by atoms with van der Waals surface area (Å²) in [7, 11) is 0. The lowest BCUT2D eigenvalue weighted by atomic mass is 9.88. The first kappa shape index (κ1) is 20.6. The van der Waals surface area contributed by atoms with Crippen LogP contribution >= 0.6 is 11.6 Å². The summed E-state index contributed by atoms with van der Waals surface area (Å²) in [6.45, 7) is 1.53. The lowest BCUT2D eigenvalue weighted by Crippen LogP contribution is -2.30. The van der Waals surface area contributed by atoms with E-state index < -0.39 is 18.0 Å². The van der Waals surface area contributed by atoms with E-state index in [4.69, 9.17) is 16.3 Å². The van der Waals surface area contributed by atoms with Crippen LogP contribution in [-0.4, -0.2) is 23.0 Å².